The zero-order valence-corrected chi connectivity index (χ0v) is 37.9. The van der Waals surface area contributed by atoms with Crippen LogP contribution < -0.4 is 24.4 Å². The fourth-order valence-corrected chi connectivity index (χ4v) is 6.87. The van der Waals surface area contributed by atoms with Crippen molar-refractivity contribution < 1.29 is 94.2 Å². The van der Waals surface area contributed by atoms with Gasteiger partial charge in [-0.3, -0.25) is 14.8 Å². The van der Waals surface area contributed by atoms with Crippen LogP contribution in [-0.2, 0) is 19.0 Å². The molecule has 3 aromatic carbocycles. The predicted octanol–water partition coefficient (Wildman–Crippen LogP) is -1.41. The van der Waals surface area contributed by atoms with Crippen LogP contribution in [0.4, 0.5) is 0 Å². The first-order chi connectivity index (χ1) is 31.1. The van der Waals surface area contributed by atoms with E-state index < -0.39 is 91.6 Å². The average molecular weight is 937 g/mol. The molecule has 8 rings (SSSR count). The maximum Gasteiger partial charge on any atom is 2.00 e. The SMILES string of the molecule is CC(=O)[O-].CO.CO.COc1ccc([C@@H]2CC(=O)c3c([O-])cc(O[C@@H]4O[C@H](CO[C@@H]5O[C@@H](C)[C@H](O)[C@@H](O)[C@H]5O)[C@@H](O)[C@H](O)[C@H]4O)cc3O2)cc1O.[Mg+2].c1cnc2c(c1)ccc1cccnc12. The third-order valence-electron chi connectivity index (χ3n) is 10.0. The molecule has 0 radical (unpaired) electrons. The number of methoxy groups -OCH3 is 1. The molecule has 66 heavy (non-hydrogen) atoms. The molecule has 3 aliphatic rings. The number of nitrogens with zero attached hydrogens (tertiary/aromatic N) is 2. The number of pyridine rings is 2. The van der Waals surface area contributed by atoms with Gasteiger partial charge in [0.25, 0.3) is 0 Å². The van der Waals surface area contributed by atoms with Crippen LogP contribution in [0.2, 0.25) is 0 Å². The van der Waals surface area contributed by atoms with E-state index in [1.165, 1.54) is 32.2 Å². The molecule has 2 saturated heterocycles. The summed E-state index contributed by atoms with van der Waals surface area (Å²) < 4.78 is 33.0. The van der Waals surface area contributed by atoms with Crippen molar-refractivity contribution in [2.45, 2.75) is 87.8 Å². The molecule has 0 aliphatic carbocycles. The van der Waals surface area contributed by atoms with Crippen LogP contribution in [0.1, 0.15) is 42.3 Å². The number of benzene rings is 3. The number of aliphatic hydroxyl groups is 8. The zero-order chi connectivity index (χ0) is 48.1. The third-order valence-corrected chi connectivity index (χ3v) is 10.0. The van der Waals surface area contributed by atoms with Crippen LogP contribution >= 0.6 is 0 Å². The molecule has 354 valence electrons. The minimum Gasteiger partial charge on any atom is -0.872 e. The van der Waals surface area contributed by atoms with Gasteiger partial charge in [-0.05, 0) is 49.7 Å². The van der Waals surface area contributed by atoms with Crippen molar-refractivity contribution in [1.82, 2.24) is 9.97 Å². The number of ketones is 1. The summed E-state index contributed by atoms with van der Waals surface area (Å²) in [4.78, 5) is 30.4. The number of phenols is 1. The van der Waals surface area contributed by atoms with Gasteiger partial charge in [0, 0.05) is 49.4 Å². The molecular formula is C44H52MgN2O19. The fraction of sp³-hybridized carbons (Fsp3) is 0.409. The molecule has 11 atom stereocenters. The number of aromatic hydroxyl groups is 1. The Morgan fingerprint density at radius 3 is 1.91 bits per heavy atom. The summed E-state index contributed by atoms with van der Waals surface area (Å²) in [7, 11) is 3.39. The molecule has 3 aliphatic heterocycles. The van der Waals surface area contributed by atoms with Crippen molar-refractivity contribution in [2.24, 2.45) is 0 Å². The molecule has 2 aromatic heterocycles. The number of phenolic OH excluding ortho intramolecular Hbond substituents is 1. The summed E-state index contributed by atoms with van der Waals surface area (Å²) in [6, 6.07) is 18.8. The van der Waals surface area contributed by atoms with Crippen LogP contribution in [0.5, 0.6) is 28.7 Å². The quantitative estimate of drug-likeness (QED) is 0.0668. The minimum atomic E-state index is -1.79. The Morgan fingerprint density at radius 2 is 1.35 bits per heavy atom. The van der Waals surface area contributed by atoms with Crippen molar-refractivity contribution >= 4 is 56.6 Å². The average Bonchev–Trinajstić information content (AvgIpc) is 3.30. The molecule has 0 spiro atoms. The molecule has 9 N–H and O–H groups in total. The van der Waals surface area contributed by atoms with E-state index in [0.29, 0.717) is 5.56 Å². The Morgan fingerprint density at radius 1 is 0.788 bits per heavy atom. The van der Waals surface area contributed by atoms with E-state index in [1.54, 1.807) is 18.5 Å². The van der Waals surface area contributed by atoms with E-state index in [-0.39, 0.29) is 58.0 Å². The number of carboxylic acids is 1. The van der Waals surface area contributed by atoms with Gasteiger partial charge >= 0.3 is 23.1 Å². The number of aliphatic hydroxyl groups excluding tert-OH is 8. The van der Waals surface area contributed by atoms with Crippen molar-refractivity contribution in [2.75, 3.05) is 27.9 Å². The van der Waals surface area contributed by atoms with Crippen LogP contribution in [0, 0.1) is 0 Å². The maximum atomic E-state index is 12.9. The van der Waals surface area contributed by atoms with Crippen molar-refractivity contribution in [3.63, 3.8) is 0 Å². The number of aromatic nitrogens is 2. The number of carboxylic acid groups (broad SMARTS) is 1. The Kier molecular flexibility index (Phi) is 21.6. The Labute approximate surface area is 394 Å². The fourth-order valence-electron chi connectivity index (χ4n) is 6.87. The molecule has 22 heteroatoms. The molecule has 5 aromatic rings. The second-order valence-corrected chi connectivity index (χ2v) is 14.3. The molecule has 0 unspecified atom stereocenters. The van der Waals surface area contributed by atoms with Gasteiger partial charge < -0.3 is 89.4 Å². The number of fused-ring (bicyclic) bond motifs is 4. The largest absolute Gasteiger partial charge is 2.00 e. The number of hydrogen-bond acceptors (Lipinski definition) is 21. The Balaban J connectivity index is 0.000000413. The van der Waals surface area contributed by atoms with Gasteiger partial charge in [0.05, 0.1) is 42.8 Å². The number of hydrogen-bond donors (Lipinski definition) is 9. The zero-order valence-electron chi connectivity index (χ0n) is 36.5. The summed E-state index contributed by atoms with van der Waals surface area (Å²) in [5.74, 6) is -2.54. The van der Waals surface area contributed by atoms with Gasteiger partial charge in [-0.25, -0.2) is 0 Å². The number of Topliss-reactive ketones (excluding diaryl/α,β-unsaturated/α-hetero) is 1. The van der Waals surface area contributed by atoms with Crippen molar-refractivity contribution in [1.29, 1.82) is 0 Å². The molecule has 0 amide bonds. The minimum absolute atomic E-state index is 0. The van der Waals surface area contributed by atoms with Crippen LogP contribution in [0.15, 0.2) is 79.1 Å². The molecule has 0 saturated carbocycles. The number of aliphatic carboxylic acids is 1. The monoisotopic (exact) mass is 936 g/mol. The molecule has 2 fully saturated rings. The summed E-state index contributed by atoms with van der Waals surface area (Å²) in [6.07, 6.45) is -12.5. The topological polar surface area (TPSA) is 343 Å². The summed E-state index contributed by atoms with van der Waals surface area (Å²) >= 11 is 0. The second kappa shape index (κ2) is 25.7. The molecule has 0 bridgehead atoms. The molecule has 5 heterocycles. The standard InChI is InChI=1S/C28H34O15.C12H8N2.C2H4O2.2CH4O.Mg/c1-10-21(32)23(34)25(36)27(40-10)39-9-19-22(33)24(35)26(37)28(43-19)41-12-6-14(30)20-15(31)8-17(42-18(20)7-12)11-3-4-16(38-2)13(29)5-11;1-3-9-5-6-10-4-2-8-14-12(10)11(9)13-7-1;1-2(3)4;2*1-2;/h3-7,10,17,19,21-30,32-37H,8-9H2,1-2H3;1-8H;1H3,(H,3,4);2*2H,1H3;/q;;;;;+2/p-2/t10-,17-,19+,21-,22+,23+,24-,25+,26+,27+,28+;;;;;/m0...../s1. The number of carbonyl (C=O) groups is 2. The van der Waals surface area contributed by atoms with E-state index in [9.17, 15) is 45.6 Å². The van der Waals surface area contributed by atoms with E-state index in [2.05, 4.69) is 34.2 Å². The van der Waals surface area contributed by atoms with Gasteiger partial charge in [0.15, 0.2) is 23.6 Å². The molecular weight excluding hydrogens is 885 g/mol. The van der Waals surface area contributed by atoms with E-state index in [1.807, 2.05) is 12.1 Å². The van der Waals surface area contributed by atoms with Gasteiger partial charge in [-0.1, -0.05) is 36.1 Å². The third kappa shape index (κ3) is 13.3. The summed E-state index contributed by atoms with van der Waals surface area (Å²) in [5.41, 5.74) is 2.20. The van der Waals surface area contributed by atoms with Gasteiger partial charge in [-0.15, -0.1) is 0 Å². The Hall–Kier alpha value is -5.05. The number of carbonyl (C=O) groups excluding carboxylic acids is 2. The van der Waals surface area contributed by atoms with Gasteiger partial charge in [0.2, 0.25) is 6.29 Å². The summed E-state index contributed by atoms with van der Waals surface area (Å²) in [5, 5.41) is 110. The first-order valence-corrected chi connectivity index (χ1v) is 19.8. The van der Waals surface area contributed by atoms with Crippen LogP contribution in [0.3, 0.4) is 0 Å². The van der Waals surface area contributed by atoms with Gasteiger partial charge in [0.1, 0.15) is 60.3 Å². The smallest absolute Gasteiger partial charge is 0.872 e. The van der Waals surface area contributed by atoms with Crippen molar-refractivity contribution in [3.05, 3.63) is 90.3 Å². The predicted molar refractivity (Wildman–Crippen MR) is 228 cm³/mol. The van der Waals surface area contributed by atoms with E-state index in [0.717, 1.165) is 49.0 Å². The molecule has 21 nitrogen and oxygen atoms in total. The first-order valence-electron chi connectivity index (χ1n) is 19.8. The maximum absolute atomic E-state index is 12.9. The Bertz CT molecular complexity index is 2280. The van der Waals surface area contributed by atoms with Crippen molar-refractivity contribution in [3.8, 4) is 28.7 Å². The number of rotatable bonds is 7. The second-order valence-electron chi connectivity index (χ2n) is 14.3. The van der Waals surface area contributed by atoms with Gasteiger partial charge in [-0.2, -0.15) is 0 Å². The summed E-state index contributed by atoms with van der Waals surface area (Å²) in [6.45, 7) is 1.92. The normalized spacial score (nSPS) is 26.3. The number of ether oxygens (including phenoxy) is 6. The van der Waals surface area contributed by atoms with E-state index >= 15 is 0 Å². The first kappa shape index (κ1) is 55.3. The van der Waals surface area contributed by atoms with E-state index in [4.69, 9.17) is 48.5 Å². The van der Waals surface area contributed by atoms with Crippen LogP contribution in [0.25, 0.3) is 21.8 Å². The van der Waals surface area contributed by atoms with Crippen LogP contribution in [-0.4, -0.2) is 180 Å².